The minimum absolute atomic E-state index is 0.355. The largest absolute Gasteiger partial charge is 0.469 e. The normalized spacial score (nSPS) is 30.9. The Bertz CT molecular complexity index is 881. The quantitative estimate of drug-likeness (QED) is 0.379. The van der Waals surface area contributed by atoms with Crippen LogP contribution in [0.2, 0.25) is 0 Å². The van der Waals surface area contributed by atoms with Gasteiger partial charge < -0.3 is 24.1 Å². The highest BCUT2D eigenvalue weighted by atomic mass is 16.5. The number of ether oxygens (including phenoxy) is 4. The second kappa shape index (κ2) is 9.07. The van der Waals surface area contributed by atoms with E-state index in [1.54, 1.807) is 24.3 Å². The lowest BCUT2D eigenvalue weighted by Gasteiger charge is -2.38. The molecule has 2 aliphatic rings. The number of esters is 4. The number of benzene rings is 1. The van der Waals surface area contributed by atoms with Crippen LogP contribution in [0.1, 0.15) is 23.0 Å². The van der Waals surface area contributed by atoms with E-state index < -0.39 is 71.3 Å². The fourth-order valence-corrected chi connectivity index (χ4v) is 5.10. The predicted octanol–water partition coefficient (Wildman–Crippen LogP) is -0.0322. The fraction of sp³-hybridized carbons (Fsp3) is 0.500. The Hall–Kier alpha value is -3.27. The number of Topliss-reactive ketones (excluding diaryl/α,β-unsaturated/α-hetero) is 1. The van der Waals surface area contributed by atoms with E-state index in [2.05, 4.69) is 0 Å². The molecular formula is C22H24O10. The maximum absolute atomic E-state index is 13.7. The maximum atomic E-state index is 13.7. The molecule has 0 radical (unpaired) electrons. The van der Waals surface area contributed by atoms with Crippen molar-refractivity contribution in [3.8, 4) is 0 Å². The number of methoxy groups -OCH3 is 4. The zero-order valence-corrected chi connectivity index (χ0v) is 18.0. The SMILES string of the molecule is COC(=O)[C@@H]1C(=O)[C@H](C(=O)OC)[C@H]2c3ccccc3[C@H]1[C@@H](C(=O)OC)C(O)[C@@H]2C(=O)OC. The Morgan fingerprint density at radius 1 is 0.688 bits per heavy atom. The lowest BCUT2D eigenvalue weighted by Crippen LogP contribution is -2.53. The average molecular weight is 448 g/mol. The fourth-order valence-electron chi connectivity index (χ4n) is 5.10. The molecule has 3 rings (SSSR count). The number of carbonyl (C=O) groups excluding carboxylic acids is 5. The molecule has 0 aliphatic heterocycles. The summed E-state index contributed by atoms with van der Waals surface area (Å²) in [5.41, 5.74) is 0.710. The number of rotatable bonds is 4. The Labute approximate surface area is 183 Å². The highest BCUT2D eigenvalue weighted by Gasteiger charge is 2.62. The van der Waals surface area contributed by atoms with E-state index in [0.717, 1.165) is 28.4 Å². The van der Waals surface area contributed by atoms with Gasteiger partial charge in [0.25, 0.3) is 0 Å². The van der Waals surface area contributed by atoms with Gasteiger partial charge in [-0.2, -0.15) is 0 Å². The van der Waals surface area contributed by atoms with Gasteiger partial charge in [-0.25, -0.2) is 0 Å². The summed E-state index contributed by atoms with van der Waals surface area (Å²) in [6.07, 6.45) is -1.73. The summed E-state index contributed by atoms with van der Waals surface area (Å²) in [6, 6.07) is 6.41. The molecule has 10 heteroatoms. The smallest absolute Gasteiger partial charge is 0.316 e. The number of carbonyl (C=O) groups is 5. The summed E-state index contributed by atoms with van der Waals surface area (Å²) in [7, 11) is 4.32. The van der Waals surface area contributed by atoms with Crippen LogP contribution in [0.3, 0.4) is 0 Å². The monoisotopic (exact) mass is 448 g/mol. The standard InChI is InChI=1S/C22H24O10/c1-29-19(25)13-11-9-7-5-6-8-10(9)12(15(17(13)23)21(27)31-3)16(22(28)32-4)18(24)14(11)20(26)30-2/h5-8,11-17,23H,1-4H3/t11-,12-,13+,14-,15+,16+,17?/m0/s1. The highest BCUT2D eigenvalue weighted by molar-refractivity contribution is 6.11. The van der Waals surface area contributed by atoms with Crippen LogP contribution in [-0.4, -0.2) is 69.3 Å². The first-order valence-electron chi connectivity index (χ1n) is 9.87. The molecule has 2 bridgehead atoms. The van der Waals surface area contributed by atoms with E-state index in [1.807, 2.05) is 0 Å². The molecule has 1 aromatic carbocycles. The number of hydrogen-bond donors (Lipinski definition) is 1. The van der Waals surface area contributed by atoms with E-state index in [1.165, 1.54) is 0 Å². The summed E-state index contributed by atoms with van der Waals surface area (Å²) >= 11 is 0. The summed E-state index contributed by atoms with van der Waals surface area (Å²) in [4.78, 5) is 65.0. The van der Waals surface area contributed by atoms with Crippen molar-refractivity contribution in [1.29, 1.82) is 0 Å². The predicted molar refractivity (Wildman–Crippen MR) is 105 cm³/mol. The molecule has 0 amide bonds. The molecule has 172 valence electrons. The number of ketones is 1. The number of aliphatic hydroxyl groups excluding tert-OH is 1. The van der Waals surface area contributed by atoms with Crippen LogP contribution < -0.4 is 0 Å². The minimum atomic E-state index is -1.73. The van der Waals surface area contributed by atoms with Crippen LogP contribution in [0.25, 0.3) is 0 Å². The third kappa shape index (κ3) is 3.44. The van der Waals surface area contributed by atoms with Crippen LogP contribution in [-0.2, 0) is 42.9 Å². The van der Waals surface area contributed by atoms with Crippen molar-refractivity contribution in [2.75, 3.05) is 28.4 Å². The summed E-state index contributed by atoms with van der Waals surface area (Å²) in [5.74, 6) is -13.4. The van der Waals surface area contributed by atoms with Gasteiger partial charge in [0.1, 0.15) is 11.8 Å². The van der Waals surface area contributed by atoms with Gasteiger partial charge >= 0.3 is 23.9 Å². The molecule has 1 N–H and O–H groups in total. The van der Waals surface area contributed by atoms with Gasteiger partial charge in [-0.1, -0.05) is 24.3 Å². The van der Waals surface area contributed by atoms with Gasteiger partial charge in [0.2, 0.25) is 0 Å². The summed E-state index contributed by atoms with van der Waals surface area (Å²) < 4.78 is 19.4. The molecular weight excluding hydrogens is 424 g/mol. The molecule has 0 saturated carbocycles. The molecule has 2 aliphatic carbocycles. The Morgan fingerprint density at radius 2 is 1.03 bits per heavy atom. The molecule has 10 nitrogen and oxygen atoms in total. The van der Waals surface area contributed by atoms with E-state index >= 15 is 0 Å². The second-order valence-electron chi connectivity index (χ2n) is 7.67. The molecule has 7 atom stereocenters. The maximum Gasteiger partial charge on any atom is 0.316 e. The third-order valence-electron chi connectivity index (χ3n) is 6.41. The molecule has 1 unspecified atom stereocenters. The molecule has 0 aromatic heterocycles. The van der Waals surface area contributed by atoms with E-state index in [-0.39, 0.29) is 0 Å². The summed E-state index contributed by atoms with van der Waals surface area (Å²) in [5, 5.41) is 11.3. The minimum Gasteiger partial charge on any atom is -0.469 e. The second-order valence-corrected chi connectivity index (χ2v) is 7.67. The first-order chi connectivity index (χ1) is 15.2. The Kier molecular flexibility index (Phi) is 6.63. The van der Waals surface area contributed by atoms with Crippen molar-refractivity contribution in [3.63, 3.8) is 0 Å². The van der Waals surface area contributed by atoms with Crippen molar-refractivity contribution in [2.45, 2.75) is 17.9 Å². The zero-order valence-electron chi connectivity index (χ0n) is 18.0. The summed E-state index contributed by atoms with van der Waals surface area (Å²) in [6.45, 7) is 0. The van der Waals surface area contributed by atoms with E-state index in [0.29, 0.717) is 11.1 Å². The first-order valence-corrected chi connectivity index (χ1v) is 9.87. The van der Waals surface area contributed by atoms with Crippen LogP contribution in [0.5, 0.6) is 0 Å². The van der Waals surface area contributed by atoms with Crippen molar-refractivity contribution >= 4 is 29.7 Å². The van der Waals surface area contributed by atoms with Crippen molar-refractivity contribution in [2.24, 2.45) is 23.7 Å². The van der Waals surface area contributed by atoms with Crippen molar-refractivity contribution < 1.29 is 48.0 Å². The highest BCUT2D eigenvalue weighted by Crippen LogP contribution is 2.54. The van der Waals surface area contributed by atoms with Gasteiger partial charge in [-0.05, 0) is 11.1 Å². The lowest BCUT2D eigenvalue weighted by molar-refractivity contribution is -0.168. The third-order valence-corrected chi connectivity index (χ3v) is 6.41. The lowest BCUT2D eigenvalue weighted by atomic mass is 9.65. The molecule has 32 heavy (non-hydrogen) atoms. The van der Waals surface area contributed by atoms with Crippen LogP contribution in [0.15, 0.2) is 24.3 Å². The average Bonchev–Trinajstić information content (AvgIpc) is 2.98. The Morgan fingerprint density at radius 3 is 1.34 bits per heavy atom. The zero-order chi connectivity index (χ0) is 23.7. The molecule has 0 spiro atoms. The Balaban J connectivity index is 2.45. The van der Waals surface area contributed by atoms with Crippen molar-refractivity contribution in [1.82, 2.24) is 0 Å². The molecule has 0 saturated heterocycles. The van der Waals surface area contributed by atoms with Crippen molar-refractivity contribution in [3.05, 3.63) is 35.4 Å². The number of aliphatic hydroxyl groups is 1. The van der Waals surface area contributed by atoms with Gasteiger partial charge in [0.05, 0.1) is 46.4 Å². The molecule has 0 heterocycles. The number of hydrogen-bond acceptors (Lipinski definition) is 10. The molecule has 0 fully saturated rings. The van der Waals surface area contributed by atoms with Gasteiger partial charge in [0, 0.05) is 11.8 Å². The van der Waals surface area contributed by atoms with Crippen LogP contribution in [0, 0.1) is 23.7 Å². The van der Waals surface area contributed by atoms with Gasteiger partial charge in [-0.15, -0.1) is 0 Å². The van der Waals surface area contributed by atoms with Gasteiger partial charge in [-0.3, -0.25) is 24.0 Å². The van der Waals surface area contributed by atoms with E-state index in [4.69, 9.17) is 18.9 Å². The molecule has 1 aromatic rings. The topological polar surface area (TPSA) is 142 Å². The van der Waals surface area contributed by atoms with Gasteiger partial charge in [0.15, 0.2) is 5.78 Å². The van der Waals surface area contributed by atoms with E-state index in [9.17, 15) is 29.1 Å². The first kappa shape index (κ1) is 23.4. The van der Waals surface area contributed by atoms with Crippen LogP contribution in [0.4, 0.5) is 0 Å². The van der Waals surface area contributed by atoms with Crippen LogP contribution >= 0.6 is 0 Å².